The third-order valence-corrected chi connectivity index (χ3v) is 3.88. The summed E-state index contributed by atoms with van der Waals surface area (Å²) in [5.41, 5.74) is 2.32. The highest BCUT2D eigenvalue weighted by molar-refractivity contribution is 5.55. The Bertz CT molecular complexity index is 622. The largest absolute Gasteiger partial charge is 0.365 e. The van der Waals surface area contributed by atoms with Gasteiger partial charge in [0.1, 0.15) is 11.6 Å². The maximum atomic E-state index is 13.9. The van der Waals surface area contributed by atoms with Crippen molar-refractivity contribution in [2.45, 2.75) is 26.1 Å². The molecule has 0 spiro atoms. The maximum Gasteiger partial charge on any atom is 0.131 e. The van der Waals surface area contributed by atoms with E-state index >= 15 is 0 Å². The fraction of sp³-hybridized carbons (Fsp3) is 0.294. The number of rotatable bonds is 2. The van der Waals surface area contributed by atoms with Gasteiger partial charge in [-0.3, -0.25) is 0 Å². The van der Waals surface area contributed by atoms with Crippen molar-refractivity contribution >= 4 is 5.69 Å². The lowest BCUT2D eigenvalue weighted by atomic mass is 10.1. The Morgan fingerprint density at radius 3 is 2.57 bits per heavy atom. The number of hydrogen-bond acceptors (Lipinski definition) is 2. The molecule has 0 bridgehead atoms. The molecule has 2 nitrogen and oxygen atoms in total. The summed E-state index contributed by atoms with van der Waals surface area (Å²) in [4.78, 5) is 2.04. The summed E-state index contributed by atoms with van der Waals surface area (Å²) in [6.07, 6.45) is 0. The van der Waals surface area contributed by atoms with E-state index in [0.29, 0.717) is 6.54 Å². The molecule has 1 aliphatic heterocycles. The van der Waals surface area contributed by atoms with E-state index in [-0.39, 0.29) is 18.2 Å². The van der Waals surface area contributed by atoms with Crippen LogP contribution < -0.4 is 10.2 Å². The molecule has 0 aromatic heterocycles. The predicted octanol–water partition coefficient (Wildman–Crippen LogP) is 3.46. The first-order chi connectivity index (χ1) is 10.1. The van der Waals surface area contributed by atoms with Gasteiger partial charge in [-0.2, -0.15) is 0 Å². The first-order valence-corrected chi connectivity index (χ1v) is 7.14. The third kappa shape index (κ3) is 2.90. The molecule has 1 unspecified atom stereocenters. The summed E-state index contributed by atoms with van der Waals surface area (Å²) in [5, 5.41) is 3.42. The van der Waals surface area contributed by atoms with E-state index in [2.05, 4.69) is 12.2 Å². The van der Waals surface area contributed by atoms with Crippen LogP contribution >= 0.6 is 0 Å². The molecule has 2 aromatic rings. The van der Waals surface area contributed by atoms with E-state index in [0.717, 1.165) is 17.8 Å². The highest BCUT2D eigenvalue weighted by atomic mass is 19.1. The number of nitrogens with one attached hydrogen (secondary N) is 1. The molecule has 0 fully saturated rings. The quantitative estimate of drug-likeness (QED) is 0.910. The predicted molar refractivity (Wildman–Crippen MR) is 80.2 cm³/mol. The molecule has 1 heterocycles. The van der Waals surface area contributed by atoms with Crippen LogP contribution in [0.1, 0.15) is 18.1 Å². The van der Waals surface area contributed by atoms with Crippen LogP contribution in [-0.2, 0) is 13.1 Å². The Kier molecular flexibility index (Phi) is 3.88. The molecule has 3 rings (SSSR count). The average Bonchev–Trinajstić information content (AvgIpc) is 2.63. The molecular weight excluding hydrogens is 270 g/mol. The summed E-state index contributed by atoms with van der Waals surface area (Å²) in [5.74, 6) is -0.977. The minimum absolute atomic E-state index is 0.126. The summed E-state index contributed by atoms with van der Waals surface area (Å²) in [7, 11) is 0. The van der Waals surface area contributed by atoms with Crippen molar-refractivity contribution in [3.8, 4) is 0 Å². The van der Waals surface area contributed by atoms with Gasteiger partial charge < -0.3 is 10.2 Å². The molecule has 1 aliphatic rings. The molecule has 0 aliphatic carbocycles. The maximum absolute atomic E-state index is 13.9. The van der Waals surface area contributed by atoms with Gasteiger partial charge in [0.05, 0.1) is 0 Å². The van der Waals surface area contributed by atoms with Crippen molar-refractivity contribution in [3.63, 3.8) is 0 Å². The van der Waals surface area contributed by atoms with Gasteiger partial charge in [-0.15, -0.1) is 0 Å². The van der Waals surface area contributed by atoms with E-state index < -0.39 is 11.6 Å². The van der Waals surface area contributed by atoms with Crippen molar-refractivity contribution in [2.24, 2.45) is 0 Å². The second-order valence-corrected chi connectivity index (χ2v) is 5.49. The summed E-state index contributed by atoms with van der Waals surface area (Å²) in [6, 6.07) is 12.3. The van der Waals surface area contributed by atoms with Gasteiger partial charge in [0.2, 0.25) is 0 Å². The molecule has 0 saturated carbocycles. The Balaban J connectivity index is 1.97. The van der Waals surface area contributed by atoms with Crippen LogP contribution in [0.2, 0.25) is 0 Å². The number of para-hydroxylation sites is 1. The standard InChI is InChI=1S/C17H18F2N2/c1-12-10-21(11-14-15(18)6-4-7-16(14)19)17-8-3-2-5-13(17)9-20-12/h2-8,12,20H,9-11H2,1H3. The summed E-state index contributed by atoms with van der Waals surface area (Å²) < 4.78 is 27.8. The van der Waals surface area contributed by atoms with Gasteiger partial charge in [-0.25, -0.2) is 8.78 Å². The second kappa shape index (κ2) is 5.82. The van der Waals surface area contributed by atoms with Crippen molar-refractivity contribution < 1.29 is 8.78 Å². The molecule has 110 valence electrons. The first-order valence-electron chi connectivity index (χ1n) is 7.14. The molecule has 0 amide bonds. The van der Waals surface area contributed by atoms with Crippen LogP contribution in [0.4, 0.5) is 14.5 Å². The van der Waals surface area contributed by atoms with Crippen LogP contribution in [-0.4, -0.2) is 12.6 Å². The summed E-state index contributed by atoms with van der Waals surface area (Å²) in [6.45, 7) is 3.80. The van der Waals surface area contributed by atoms with Gasteiger partial charge in [0.25, 0.3) is 0 Å². The van der Waals surface area contributed by atoms with Crippen molar-refractivity contribution in [2.75, 3.05) is 11.4 Å². The molecule has 1 N–H and O–H groups in total. The van der Waals surface area contributed by atoms with E-state index in [1.54, 1.807) is 0 Å². The first kappa shape index (κ1) is 14.0. The third-order valence-electron chi connectivity index (χ3n) is 3.88. The Morgan fingerprint density at radius 1 is 1.10 bits per heavy atom. The molecule has 0 saturated heterocycles. The van der Waals surface area contributed by atoms with Crippen LogP contribution in [0.25, 0.3) is 0 Å². The van der Waals surface area contributed by atoms with Gasteiger partial charge >= 0.3 is 0 Å². The van der Waals surface area contributed by atoms with E-state index in [9.17, 15) is 8.78 Å². The molecule has 21 heavy (non-hydrogen) atoms. The zero-order chi connectivity index (χ0) is 14.8. The lowest BCUT2D eigenvalue weighted by Crippen LogP contribution is -2.36. The Hall–Kier alpha value is -1.94. The molecule has 2 aromatic carbocycles. The number of halogens is 2. The second-order valence-electron chi connectivity index (χ2n) is 5.49. The van der Waals surface area contributed by atoms with Crippen LogP contribution in [0.15, 0.2) is 42.5 Å². The minimum atomic E-state index is -0.489. The lowest BCUT2D eigenvalue weighted by Gasteiger charge is -2.27. The molecular formula is C17H18F2N2. The van der Waals surface area contributed by atoms with Crippen LogP contribution in [0, 0.1) is 11.6 Å². The average molecular weight is 288 g/mol. The fourth-order valence-electron chi connectivity index (χ4n) is 2.77. The molecule has 4 heteroatoms. The molecule has 1 atom stereocenters. The topological polar surface area (TPSA) is 15.3 Å². The van der Waals surface area contributed by atoms with Crippen molar-refractivity contribution in [3.05, 3.63) is 65.2 Å². The highest BCUT2D eigenvalue weighted by Gasteiger charge is 2.21. The summed E-state index contributed by atoms with van der Waals surface area (Å²) >= 11 is 0. The van der Waals surface area contributed by atoms with Crippen molar-refractivity contribution in [1.29, 1.82) is 0 Å². The van der Waals surface area contributed by atoms with Crippen molar-refractivity contribution in [1.82, 2.24) is 5.32 Å². The lowest BCUT2D eigenvalue weighted by molar-refractivity contribution is 0.528. The van der Waals surface area contributed by atoms with Gasteiger partial charge in [-0.05, 0) is 30.7 Å². The van der Waals surface area contributed by atoms with E-state index in [4.69, 9.17) is 0 Å². The monoisotopic (exact) mass is 288 g/mol. The minimum Gasteiger partial charge on any atom is -0.365 e. The van der Waals surface area contributed by atoms with E-state index in [1.165, 1.54) is 18.2 Å². The SMILES string of the molecule is CC1CN(Cc2c(F)cccc2F)c2ccccc2CN1. The van der Waals surface area contributed by atoms with Gasteiger partial charge in [-0.1, -0.05) is 24.3 Å². The zero-order valence-corrected chi connectivity index (χ0v) is 11.9. The number of benzene rings is 2. The number of hydrogen-bond donors (Lipinski definition) is 1. The molecule has 0 radical (unpaired) electrons. The highest BCUT2D eigenvalue weighted by Crippen LogP contribution is 2.26. The van der Waals surface area contributed by atoms with Crippen LogP contribution in [0.3, 0.4) is 0 Å². The van der Waals surface area contributed by atoms with Gasteiger partial charge in [0.15, 0.2) is 0 Å². The van der Waals surface area contributed by atoms with Crippen LogP contribution in [0.5, 0.6) is 0 Å². The number of anilines is 1. The fourth-order valence-corrected chi connectivity index (χ4v) is 2.77. The number of fused-ring (bicyclic) bond motifs is 1. The number of nitrogens with zero attached hydrogens (tertiary/aromatic N) is 1. The zero-order valence-electron chi connectivity index (χ0n) is 11.9. The van der Waals surface area contributed by atoms with Gasteiger partial charge in [0, 0.05) is 36.9 Å². The normalized spacial score (nSPS) is 18.2. The smallest absolute Gasteiger partial charge is 0.131 e. The Morgan fingerprint density at radius 2 is 1.81 bits per heavy atom. The Labute approximate surface area is 123 Å². The van der Waals surface area contributed by atoms with E-state index in [1.807, 2.05) is 29.2 Å².